The van der Waals surface area contributed by atoms with E-state index in [2.05, 4.69) is 25.8 Å². The molecule has 9 heteroatoms. The highest BCUT2D eigenvalue weighted by Crippen LogP contribution is 2.03. The topological polar surface area (TPSA) is 108 Å². The van der Waals surface area contributed by atoms with Crippen molar-refractivity contribution >= 4 is 18.2 Å². The summed E-state index contributed by atoms with van der Waals surface area (Å²) in [6.45, 7) is 0.0772. The third kappa shape index (κ3) is 6.55. The second-order valence-corrected chi connectivity index (χ2v) is 6.33. The molecule has 154 valence electrons. The second-order valence-electron chi connectivity index (χ2n) is 6.33. The number of halogens is 1. The molecule has 1 atom stereocenters. The number of nitrogens with zero attached hydrogens (tertiary/aromatic N) is 2. The van der Waals surface area contributed by atoms with E-state index in [0.717, 1.165) is 5.56 Å². The Morgan fingerprint density at radius 3 is 2.63 bits per heavy atom. The molecule has 2 aromatic carbocycles. The molecule has 8 nitrogen and oxygen atoms in total. The number of hydrogen-bond acceptors (Lipinski definition) is 5. The maximum Gasteiger partial charge on any atom is 0.408 e. The first-order valence-corrected chi connectivity index (χ1v) is 9.13. The van der Waals surface area contributed by atoms with Crippen LogP contribution in [0.5, 0.6) is 0 Å². The summed E-state index contributed by atoms with van der Waals surface area (Å²) in [5.41, 5.74) is 4.46. The van der Waals surface area contributed by atoms with Gasteiger partial charge in [-0.25, -0.2) is 19.6 Å². The molecule has 0 unspecified atom stereocenters. The molecule has 0 saturated carbocycles. The van der Waals surface area contributed by atoms with Crippen LogP contribution in [0.4, 0.5) is 9.18 Å². The van der Waals surface area contributed by atoms with Crippen LogP contribution >= 0.6 is 0 Å². The maximum atomic E-state index is 12.9. The molecule has 30 heavy (non-hydrogen) atoms. The summed E-state index contributed by atoms with van der Waals surface area (Å²) < 4.78 is 18.1. The highest BCUT2D eigenvalue weighted by Gasteiger charge is 2.22. The number of aromatic nitrogens is 2. The second kappa shape index (κ2) is 10.5. The van der Waals surface area contributed by atoms with Gasteiger partial charge in [-0.3, -0.25) is 4.79 Å². The number of benzene rings is 2. The molecule has 3 aromatic rings. The Labute approximate surface area is 172 Å². The number of imidazole rings is 1. The molecule has 3 rings (SSSR count). The van der Waals surface area contributed by atoms with E-state index in [1.54, 1.807) is 6.20 Å². The van der Waals surface area contributed by atoms with Gasteiger partial charge < -0.3 is 15.0 Å². The Hall–Kier alpha value is -4.01. The summed E-state index contributed by atoms with van der Waals surface area (Å²) in [5, 5.41) is 6.39. The first-order valence-electron chi connectivity index (χ1n) is 9.13. The van der Waals surface area contributed by atoms with E-state index >= 15 is 0 Å². The summed E-state index contributed by atoms with van der Waals surface area (Å²) in [7, 11) is 0. The summed E-state index contributed by atoms with van der Waals surface area (Å²) >= 11 is 0. The molecule has 0 bridgehead atoms. The molecular formula is C21H20FN5O3. The SMILES string of the molecule is O=C(N[C@@H](Cc1cnc[nH]1)C(=O)N/N=C\c1ccc(F)cc1)OCc1ccccc1. The molecule has 2 amide bonds. The standard InChI is InChI=1S/C21H20FN5O3/c22-17-8-6-15(7-9-17)11-25-27-20(28)19(10-18-12-23-14-24-18)26-21(29)30-13-16-4-2-1-3-5-16/h1-9,11-12,14,19H,10,13H2,(H,23,24)(H,26,29)(H,27,28)/b25-11-/t19-/m0/s1. The average Bonchev–Trinajstić information content (AvgIpc) is 3.27. The fraction of sp³-hybridized carbons (Fsp3) is 0.143. The van der Waals surface area contributed by atoms with Gasteiger partial charge in [0.1, 0.15) is 18.5 Å². The number of amides is 2. The summed E-state index contributed by atoms with van der Waals surface area (Å²) in [5.74, 6) is -0.909. The van der Waals surface area contributed by atoms with Gasteiger partial charge in [0, 0.05) is 18.3 Å². The molecule has 0 aliphatic carbocycles. The monoisotopic (exact) mass is 409 g/mol. The number of alkyl carbamates (subject to hydrolysis) is 1. The number of aromatic amines is 1. The van der Waals surface area contributed by atoms with Crippen LogP contribution in [-0.4, -0.2) is 34.2 Å². The first-order chi connectivity index (χ1) is 14.6. The Kier molecular flexibility index (Phi) is 7.26. The van der Waals surface area contributed by atoms with Crippen molar-refractivity contribution in [3.63, 3.8) is 0 Å². The predicted octanol–water partition coefficient (Wildman–Crippen LogP) is 2.54. The van der Waals surface area contributed by atoms with E-state index in [1.807, 2.05) is 30.3 Å². The van der Waals surface area contributed by atoms with Crippen molar-refractivity contribution in [2.45, 2.75) is 19.1 Å². The van der Waals surface area contributed by atoms with Gasteiger partial charge in [-0.15, -0.1) is 0 Å². The Balaban J connectivity index is 1.58. The van der Waals surface area contributed by atoms with Gasteiger partial charge in [-0.1, -0.05) is 42.5 Å². The molecule has 1 heterocycles. The van der Waals surface area contributed by atoms with Gasteiger partial charge in [0.15, 0.2) is 0 Å². The molecule has 0 radical (unpaired) electrons. The van der Waals surface area contributed by atoms with Gasteiger partial charge in [0.25, 0.3) is 5.91 Å². The Morgan fingerprint density at radius 2 is 1.93 bits per heavy atom. The van der Waals surface area contributed by atoms with Crippen molar-refractivity contribution in [1.82, 2.24) is 20.7 Å². The summed E-state index contributed by atoms with van der Waals surface area (Å²) in [6.07, 6.45) is 3.83. The lowest BCUT2D eigenvalue weighted by Gasteiger charge is -2.16. The molecule has 0 spiro atoms. The smallest absolute Gasteiger partial charge is 0.408 e. The molecular weight excluding hydrogens is 389 g/mol. The van der Waals surface area contributed by atoms with E-state index in [0.29, 0.717) is 11.3 Å². The lowest BCUT2D eigenvalue weighted by Crippen LogP contribution is -2.47. The van der Waals surface area contributed by atoms with Crippen LogP contribution in [0.2, 0.25) is 0 Å². The van der Waals surface area contributed by atoms with Crippen LogP contribution in [0.1, 0.15) is 16.8 Å². The number of carbonyl (C=O) groups excluding carboxylic acids is 2. The van der Waals surface area contributed by atoms with Gasteiger partial charge in [0.05, 0.1) is 12.5 Å². The zero-order valence-electron chi connectivity index (χ0n) is 15.9. The van der Waals surface area contributed by atoms with Crippen molar-refractivity contribution in [2.24, 2.45) is 5.10 Å². The highest BCUT2D eigenvalue weighted by atomic mass is 19.1. The first kappa shape index (κ1) is 20.7. The average molecular weight is 409 g/mol. The van der Waals surface area contributed by atoms with Crippen molar-refractivity contribution in [3.8, 4) is 0 Å². The van der Waals surface area contributed by atoms with E-state index < -0.39 is 18.0 Å². The molecule has 0 fully saturated rings. The Morgan fingerprint density at radius 1 is 1.17 bits per heavy atom. The van der Waals surface area contributed by atoms with Crippen LogP contribution in [-0.2, 0) is 22.6 Å². The fourth-order valence-electron chi connectivity index (χ4n) is 2.53. The number of ether oxygens (including phenoxy) is 1. The van der Waals surface area contributed by atoms with Crippen LogP contribution in [0.15, 0.2) is 72.2 Å². The lowest BCUT2D eigenvalue weighted by atomic mass is 10.1. The summed E-state index contributed by atoms with van der Waals surface area (Å²) in [4.78, 5) is 31.5. The van der Waals surface area contributed by atoms with Crippen LogP contribution in [0, 0.1) is 5.82 Å². The lowest BCUT2D eigenvalue weighted by molar-refractivity contribution is -0.123. The number of H-pyrrole nitrogens is 1. The molecule has 1 aromatic heterocycles. The number of carbonyl (C=O) groups is 2. The quantitative estimate of drug-likeness (QED) is 0.392. The normalized spacial score (nSPS) is 11.8. The maximum absolute atomic E-state index is 12.9. The van der Waals surface area contributed by atoms with Crippen molar-refractivity contribution in [3.05, 3.63) is 89.8 Å². The van der Waals surface area contributed by atoms with Crippen LogP contribution < -0.4 is 10.7 Å². The van der Waals surface area contributed by atoms with Gasteiger partial charge in [-0.05, 0) is 23.3 Å². The number of rotatable bonds is 8. The van der Waals surface area contributed by atoms with Gasteiger partial charge in [-0.2, -0.15) is 5.10 Å². The van der Waals surface area contributed by atoms with Gasteiger partial charge in [0.2, 0.25) is 0 Å². The van der Waals surface area contributed by atoms with E-state index in [-0.39, 0.29) is 18.8 Å². The largest absolute Gasteiger partial charge is 0.445 e. The molecule has 0 aliphatic heterocycles. The van der Waals surface area contributed by atoms with Crippen molar-refractivity contribution < 1.29 is 18.7 Å². The Bertz CT molecular complexity index is 976. The van der Waals surface area contributed by atoms with Crippen LogP contribution in [0.25, 0.3) is 0 Å². The fourth-order valence-corrected chi connectivity index (χ4v) is 2.53. The number of hydrazone groups is 1. The van der Waals surface area contributed by atoms with E-state index in [9.17, 15) is 14.0 Å². The molecule has 3 N–H and O–H groups in total. The van der Waals surface area contributed by atoms with Crippen LogP contribution in [0.3, 0.4) is 0 Å². The predicted molar refractivity (Wildman–Crippen MR) is 108 cm³/mol. The minimum atomic E-state index is -0.945. The van der Waals surface area contributed by atoms with E-state index in [4.69, 9.17) is 4.74 Å². The third-order valence-electron chi connectivity index (χ3n) is 4.06. The van der Waals surface area contributed by atoms with Crippen molar-refractivity contribution in [2.75, 3.05) is 0 Å². The highest BCUT2D eigenvalue weighted by molar-refractivity contribution is 5.87. The van der Waals surface area contributed by atoms with Gasteiger partial charge >= 0.3 is 6.09 Å². The minimum absolute atomic E-state index is 0.0772. The zero-order valence-corrected chi connectivity index (χ0v) is 15.9. The summed E-state index contributed by atoms with van der Waals surface area (Å²) in [6, 6.07) is 13.9. The minimum Gasteiger partial charge on any atom is -0.445 e. The third-order valence-corrected chi connectivity index (χ3v) is 4.06. The number of nitrogens with one attached hydrogen (secondary N) is 3. The van der Waals surface area contributed by atoms with E-state index in [1.165, 1.54) is 36.8 Å². The zero-order chi connectivity index (χ0) is 21.2. The van der Waals surface area contributed by atoms with Crippen molar-refractivity contribution in [1.29, 1.82) is 0 Å². The number of hydrogen-bond donors (Lipinski definition) is 3. The molecule has 0 aliphatic rings. The molecule has 0 saturated heterocycles.